The maximum atomic E-state index is 12.4. The van der Waals surface area contributed by atoms with Gasteiger partial charge in [0.15, 0.2) is 5.78 Å². The standard InChI is InChI=1S/C16H16O3/c1-9(2)10-7-13(17)15-11-5-3-4-6-12(11)16(18)19-14(15)8-10/h3-6,9-10H,7-8H2,1-2H3. The number of ketones is 1. The van der Waals surface area contributed by atoms with Gasteiger partial charge in [0.2, 0.25) is 0 Å². The van der Waals surface area contributed by atoms with Crippen LogP contribution in [0.2, 0.25) is 0 Å². The Labute approximate surface area is 111 Å². The summed E-state index contributed by atoms with van der Waals surface area (Å²) >= 11 is 0. The maximum absolute atomic E-state index is 12.4. The van der Waals surface area contributed by atoms with Gasteiger partial charge in [0.25, 0.3) is 0 Å². The first-order chi connectivity index (χ1) is 9.08. The second-order valence-electron chi connectivity index (χ2n) is 5.57. The summed E-state index contributed by atoms with van der Waals surface area (Å²) in [6, 6.07) is 7.18. The Hall–Kier alpha value is -1.90. The van der Waals surface area contributed by atoms with Crippen LogP contribution in [0.3, 0.4) is 0 Å². The summed E-state index contributed by atoms with van der Waals surface area (Å²) < 4.78 is 5.39. The molecule has 19 heavy (non-hydrogen) atoms. The fourth-order valence-corrected chi connectivity index (χ4v) is 2.82. The van der Waals surface area contributed by atoms with E-state index in [1.807, 2.05) is 12.1 Å². The molecule has 0 fully saturated rings. The first-order valence-corrected chi connectivity index (χ1v) is 6.66. The molecule has 3 heteroatoms. The normalized spacial score (nSPS) is 18.9. The Morgan fingerprint density at radius 3 is 2.47 bits per heavy atom. The van der Waals surface area contributed by atoms with Gasteiger partial charge in [-0.25, -0.2) is 4.79 Å². The van der Waals surface area contributed by atoms with Gasteiger partial charge >= 0.3 is 5.63 Å². The minimum Gasteiger partial charge on any atom is -0.427 e. The van der Waals surface area contributed by atoms with E-state index in [4.69, 9.17) is 4.42 Å². The highest BCUT2D eigenvalue weighted by Gasteiger charge is 2.31. The Morgan fingerprint density at radius 2 is 1.79 bits per heavy atom. The highest BCUT2D eigenvalue weighted by atomic mass is 16.4. The zero-order valence-electron chi connectivity index (χ0n) is 11.1. The van der Waals surface area contributed by atoms with Crippen LogP contribution in [-0.2, 0) is 6.42 Å². The largest absolute Gasteiger partial charge is 0.427 e. The molecule has 2 aromatic rings. The van der Waals surface area contributed by atoms with Crippen LogP contribution in [0.4, 0.5) is 0 Å². The lowest BCUT2D eigenvalue weighted by Gasteiger charge is -2.25. The first-order valence-electron chi connectivity index (χ1n) is 6.66. The van der Waals surface area contributed by atoms with Crippen LogP contribution in [0, 0.1) is 11.8 Å². The third kappa shape index (κ3) is 1.89. The van der Waals surface area contributed by atoms with Crippen LogP contribution in [0.1, 0.15) is 36.4 Å². The summed E-state index contributed by atoms with van der Waals surface area (Å²) in [5.74, 6) is 1.34. The van der Waals surface area contributed by atoms with Crippen LogP contribution >= 0.6 is 0 Å². The minimum absolute atomic E-state index is 0.0971. The quantitative estimate of drug-likeness (QED) is 0.787. The number of carbonyl (C=O) groups excluding carboxylic acids is 1. The number of rotatable bonds is 1. The van der Waals surface area contributed by atoms with Crippen molar-refractivity contribution in [3.05, 3.63) is 46.0 Å². The number of fused-ring (bicyclic) bond motifs is 3. The van der Waals surface area contributed by atoms with Gasteiger partial charge in [-0.2, -0.15) is 0 Å². The van der Waals surface area contributed by atoms with E-state index in [1.165, 1.54) is 0 Å². The highest BCUT2D eigenvalue weighted by Crippen LogP contribution is 2.32. The van der Waals surface area contributed by atoms with Gasteiger partial charge in [-0.1, -0.05) is 32.0 Å². The molecule has 0 amide bonds. The van der Waals surface area contributed by atoms with E-state index in [0.29, 0.717) is 35.5 Å². The number of carbonyl (C=O) groups is 1. The Kier molecular flexibility index (Phi) is 2.77. The molecule has 0 radical (unpaired) electrons. The van der Waals surface area contributed by atoms with E-state index < -0.39 is 0 Å². The summed E-state index contributed by atoms with van der Waals surface area (Å²) in [7, 11) is 0. The molecule has 0 aliphatic heterocycles. The van der Waals surface area contributed by atoms with Crippen molar-refractivity contribution in [2.45, 2.75) is 26.7 Å². The predicted molar refractivity (Wildman–Crippen MR) is 73.5 cm³/mol. The third-order valence-electron chi connectivity index (χ3n) is 4.03. The average molecular weight is 256 g/mol. The molecule has 3 rings (SSSR count). The molecule has 1 heterocycles. The summed E-state index contributed by atoms with van der Waals surface area (Å²) in [6.45, 7) is 4.20. The summed E-state index contributed by atoms with van der Waals surface area (Å²) in [5.41, 5.74) is 0.277. The summed E-state index contributed by atoms with van der Waals surface area (Å²) in [5, 5.41) is 1.23. The molecular formula is C16H16O3. The van der Waals surface area contributed by atoms with E-state index in [1.54, 1.807) is 12.1 Å². The molecule has 1 aliphatic rings. The van der Waals surface area contributed by atoms with Crippen molar-refractivity contribution in [2.24, 2.45) is 11.8 Å². The maximum Gasteiger partial charge on any atom is 0.343 e. The van der Waals surface area contributed by atoms with Gasteiger partial charge in [0, 0.05) is 18.2 Å². The van der Waals surface area contributed by atoms with Gasteiger partial charge in [0.1, 0.15) is 5.76 Å². The van der Waals surface area contributed by atoms with Crippen molar-refractivity contribution >= 4 is 16.6 Å². The highest BCUT2D eigenvalue weighted by molar-refractivity contribution is 6.09. The fraction of sp³-hybridized carbons (Fsp3) is 0.375. The zero-order chi connectivity index (χ0) is 13.6. The second kappa shape index (κ2) is 4.34. The lowest BCUT2D eigenvalue weighted by Crippen LogP contribution is -2.25. The van der Waals surface area contributed by atoms with Gasteiger partial charge in [0.05, 0.1) is 10.9 Å². The van der Waals surface area contributed by atoms with Crippen molar-refractivity contribution < 1.29 is 9.21 Å². The van der Waals surface area contributed by atoms with Crippen LogP contribution in [0.25, 0.3) is 10.8 Å². The lowest BCUT2D eigenvalue weighted by molar-refractivity contribution is 0.0924. The molecule has 0 spiro atoms. The van der Waals surface area contributed by atoms with Crippen LogP contribution in [0.5, 0.6) is 0 Å². The van der Waals surface area contributed by atoms with E-state index >= 15 is 0 Å². The molecule has 0 bridgehead atoms. The van der Waals surface area contributed by atoms with Crippen molar-refractivity contribution in [1.29, 1.82) is 0 Å². The topological polar surface area (TPSA) is 47.3 Å². The van der Waals surface area contributed by atoms with Crippen molar-refractivity contribution in [3.63, 3.8) is 0 Å². The van der Waals surface area contributed by atoms with Gasteiger partial charge in [-0.15, -0.1) is 0 Å². The number of hydrogen-bond acceptors (Lipinski definition) is 3. The number of hydrogen-bond donors (Lipinski definition) is 0. The Morgan fingerprint density at radius 1 is 1.11 bits per heavy atom. The van der Waals surface area contributed by atoms with Crippen molar-refractivity contribution in [2.75, 3.05) is 0 Å². The molecule has 1 unspecified atom stereocenters. The Bertz CT molecular complexity index is 709. The van der Waals surface area contributed by atoms with Crippen LogP contribution in [-0.4, -0.2) is 5.78 Å². The first kappa shape index (κ1) is 12.2. The van der Waals surface area contributed by atoms with E-state index in [-0.39, 0.29) is 17.3 Å². The predicted octanol–water partition coefficient (Wildman–Crippen LogP) is 3.19. The molecule has 0 saturated heterocycles. The summed E-state index contributed by atoms with van der Waals surface area (Å²) in [4.78, 5) is 24.3. The van der Waals surface area contributed by atoms with Gasteiger partial charge in [-0.05, 0) is 17.9 Å². The molecule has 1 atom stereocenters. The molecule has 0 N–H and O–H groups in total. The summed E-state index contributed by atoms with van der Waals surface area (Å²) in [6.07, 6.45) is 1.22. The van der Waals surface area contributed by atoms with Gasteiger partial charge in [-0.3, -0.25) is 4.79 Å². The molecular weight excluding hydrogens is 240 g/mol. The van der Waals surface area contributed by atoms with E-state index in [9.17, 15) is 9.59 Å². The fourth-order valence-electron chi connectivity index (χ4n) is 2.82. The minimum atomic E-state index is -0.341. The SMILES string of the molecule is CC(C)C1CC(=O)c2c(oc(=O)c3ccccc23)C1. The van der Waals surface area contributed by atoms with Crippen molar-refractivity contribution in [1.82, 2.24) is 0 Å². The molecule has 98 valence electrons. The zero-order valence-corrected chi connectivity index (χ0v) is 11.1. The van der Waals surface area contributed by atoms with Crippen molar-refractivity contribution in [3.8, 4) is 0 Å². The van der Waals surface area contributed by atoms with Crippen LogP contribution < -0.4 is 5.63 Å². The molecule has 1 aromatic carbocycles. The second-order valence-corrected chi connectivity index (χ2v) is 5.57. The molecule has 0 saturated carbocycles. The monoisotopic (exact) mass is 256 g/mol. The molecule has 1 aliphatic carbocycles. The molecule has 3 nitrogen and oxygen atoms in total. The van der Waals surface area contributed by atoms with E-state index in [2.05, 4.69) is 13.8 Å². The van der Waals surface area contributed by atoms with Crippen LogP contribution in [0.15, 0.2) is 33.5 Å². The third-order valence-corrected chi connectivity index (χ3v) is 4.03. The van der Waals surface area contributed by atoms with Gasteiger partial charge < -0.3 is 4.42 Å². The number of Topliss-reactive ketones (excluding diaryl/α,β-unsaturated/α-hetero) is 1. The lowest BCUT2D eigenvalue weighted by atomic mass is 9.79. The molecule has 1 aromatic heterocycles. The van der Waals surface area contributed by atoms with E-state index in [0.717, 1.165) is 5.39 Å². The smallest absolute Gasteiger partial charge is 0.343 e. The average Bonchev–Trinajstić information content (AvgIpc) is 2.38. The Balaban J connectivity index is 2.27. The number of benzene rings is 1.